The highest BCUT2D eigenvalue weighted by Crippen LogP contribution is 2.14. The van der Waals surface area contributed by atoms with E-state index in [-0.39, 0.29) is 39.1 Å². The zero-order valence-electron chi connectivity index (χ0n) is 29.4. The minimum atomic E-state index is -1.05. The summed E-state index contributed by atoms with van der Waals surface area (Å²) in [6.07, 6.45) is 13.1. The van der Waals surface area contributed by atoms with Crippen molar-refractivity contribution in [3.63, 3.8) is 0 Å². The molecule has 1 aliphatic heterocycles. The van der Waals surface area contributed by atoms with Crippen molar-refractivity contribution in [2.45, 2.75) is 109 Å². The maximum atomic E-state index is 12.0. The molecule has 4 N–H and O–H groups in total. The fraction of sp³-hybridized carbons (Fsp3) is 0.912. The fourth-order valence-corrected chi connectivity index (χ4v) is 5.91. The number of nitrogens with zero attached hydrogens (tertiary/aromatic N) is 4. The van der Waals surface area contributed by atoms with Crippen molar-refractivity contribution in [1.82, 2.24) is 19.6 Å². The number of rotatable bonds is 26. The monoisotopic (exact) mass is 674 g/mol. The molecule has 13 heteroatoms. The summed E-state index contributed by atoms with van der Waals surface area (Å²) in [4.78, 5) is 42.7. The Bertz CT molecular complexity index is 822. The predicted molar refractivity (Wildman–Crippen MR) is 182 cm³/mol. The molecule has 2 atom stereocenters. The Kier molecular flexibility index (Phi) is 25.7. The fourth-order valence-electron chi connectivity index (χ4n) is 5.91. The van der Waals surface area contributed by atoms with E-state index in [1.54, 1.807) is 14.7 Å². The molecule has 0 aromatic heterocycles. The molecule has 0 aromatic rings. The second-order valence-electron chi connectivity index (χ2n) is 12.9. The van der Waals surface area contributed by atoms with Crippen LogP contribution < -0.4 is 0 Å². The smallest absolute Gasteiger partial charge is 0.317 e. The van der Waals surface area contributed by atoms with Gasteiger partial charge in [0, 0.05) is 71.7 Å². The molecule has 1 aliphatic rings. The molecule has 0 amide bonds. The van der Waals surface area contributed by atoms with Gasteiger partial charge in [0.2, 0.25) is 0 Å². The molecule has 1 rings (SSSR count). The quantitative estimate of drug-likeness (QED) is 0.0990. The van der Waals surface area contributed by atoms with Crippen LogP contribution in [0.1, 0.15) is 97.3 Å². The van der Waals surface area contributed by atoms with Gasteiger partial charge in [0.05, 0.1) is 32.5 Å². The van der Waals surface area contributed by atoms with Gasteiger partial charge in [-0.3, -0.25) is 34.0 Å². The molecule has 0 aromatic carbocycles. The van der Waals surface area contributed by atoms with Crippen LogP contribution in [-0.4, -0.2) is 162 Å². The minimum absolute atomic E-state index is 0.119. The van der Waals surface area contributed by atoms with E-state index in [0.717, 1.165) is 25.7 Å². The molecule has 1 fully saturated rings. The Morgan fingerprint density at radius 2 is 1.06 bits per heavy atom. The van der Waals surface area contributed by atoms with E-state index in [1.165, 1.54) is 51.4 Å². The number of carboxylic acids is 3. The maximum absolute atomic E-state index is 12.0. The van der Waals surface area contributed by atoms with Crippen molar-refractivity contribution in [3.05, 3.63) is 0 Å². The Balaban J connectivity index is 3.00. The molecule has 13 nitrogen and oxygen atoms in total. The average molecular weight is 675 g/mol. The molecule has 2 unspecified atom stereocenters. The zero-order valence-corrected chi connectivity index (χ0v) is 29.4. The summed E-state index contributed by atoms with van der Waals surface area (Å²) >= 11 is 0. The summed E-state index contributed by atoms with van der Waals surface area (Å²) in [6, 6.07) is -0.665. The lowest BCUT2D eigenvalue weighted by atomic mass is 10.0. The molecule has 0 saturated carbocycles. The molecule has 0 aliphatic carbocycles. The van der Waals surface area contributed by atoms with Gasteiger partial charge in [0.1, 0.15) is 0 Å². The number of hydrogen-bond donors (Lipinski definition) is 4. The van der Waals surface area contributed by atoms with Gasteiger partial charge in [-0.2, -0.15) is 0 Å². The third-order valence-corrected chi connectivity index (χ3v) is 8.70. The molecule has 47 heavy (non-hydrogen) atoms. The van der Waals surface area contributed by atoms with Crippen LogP contribution in [-0.2, 0) is 23.9 Å². The Morgan fingerprint density at radius 1 is 0.596 bits per heavy atom. The van der Waals surface area contributed by atoms with Crippen LogP contribution in [0.3, 0.4) is 0 Å². The van der Waals surface area contributed by atoms with Crippen molar-refractivity contribution in [2.75, 3.05) is 92.0 Å². The Morgan fingerprint density at radius 3 is 1.64 bits per heavy atom. The molecular formula is C34H66N4O9. The zero-order chi connectivity index (χ0) is 34.7. The van der Waals surface area contributed by atoms with E-state index in [4.69, 9.17) is 9.47 Å². The summed E-state index contributed by atoms with van der Waals surface area (Å²) in [5, 5.41) is 40.4. The molecule has 0 radical (unpaired) electrons. The molecule has 1 heterocycles. The van der Waals surface area contributed by atoms with Gasteiger partial charge in [-0.15, -0.1) is 0 Å². The number of aliphatic hydroxyl groups is 1. The number of carbonyl (C=O) groups is 3. The van der Waals surface area contributed by atoms with E-state index in [1.807, 2.05) is 0 Å². The average Bonchev–Trinajstić information content (AvgIpc) is 3.01. The SMILES string of the molecule is CCCCCCCCOCCC(O)C1CN(CC(=O)O)CCN(CC(=O)O)CCN(COCCCCCCCC)CCN1CC(=O)O. The van der Waals surface area contributed by atoms with Crippen molar-refractivity contribution < 1.29 is 44.3 Å². The summed E-state index contributed by atoms with van der Waals surface area (Å²) in [7, 11) is 0. The highest BCUT2D eigenvalue weighted by Gasteiger charge is 2.31. The van der Waals surface area contributed by atoms with Gasteiger partial charge < -0.3 is 29.9 Å². The Hall–Kier alpha value is -1.87. The maximum Gasteiger partial charge on any atom is 0.317 e. The summed E-state index contributed by atoms with van der Waals surface area (Å²) in [5.41, 5.74) is 0. The second kappa shape index (κ2) is 28.0. The second-order valence-corrected chi connectivity index (χ2v) is 12.9. The van der Waals surface area contributed by atoms with E-state index >= 15 is 0 Å². The van der Waals surface area contributed by atoms with E-state index in [0.29, 0.717) is 59.3 Å². The number of ether oxygens (including phenoxy) is 2. The third kappa shape index (κ3) is 23.2. The highest BCUT2D eigenvalue weighted by molar-refractivity contribution is 5.70. The first-order chi connectivity index (χ1) is 22.7. The Labute approximate surface area is 283 Å². The van der Waals surface area contributed by atoms with Gasteiger partial charge in [-0.25, -0.2) is 0 Å². The lowest BCUT2D eigenvalue weighted by Crippen LogP contribution is -2.56. The summed E-state index contributed by atoms with van der Waals surface area (Å²) in [5.74, 6) is -3.04. The minimum Gasteiger partial charge on any atom is -0.480 e. The molecule has 0 bridgehead atoms. The highest BCUT2D eigenvalue weighted by atomic mass is 16.5. The van der Waals surface area contributed by atoms with Crippen LogP contribution in [0.2, 0.25) is 0 Å². The topological polar surface area (TPSA) is 164 Å². The number of carboxylic acid groups (broad SMARTS) is 3. The number of unbranched alkanes of at least 4 members (excludes halogenated alkanes) is 10. The van der Waals surface area contributed by atoms with Crippen LogP contribution in [0, 0.1) is 0 Å². The standard InChI is InChI=1S/C34H66N4O9/c1-3-5-7-9-11-13-22-46-24-15-31(39)30-25-37(27-33(42)43)19-17-35(26-32(40)41)16-18-36(20-21-38(30)28-34(44)45)29-47-23-14-12-10-8-6-4-2/h30-31,39H,3-29H2,1-2H3,(H,40,41)(H,42,43)(H,44,45). The van der Waals surface area contributed by atoms with Gasteiger partial charge in [0.15, 0.2) is 0 Å². The first kappa shape index (κ1) is 43.2. The summed E-state index contributed by atoms with van der Waals surface area (Å²) in [6.45, 7) is 7.84. The van der Waals surface area contributed by atoms with E-state index in [2.05, 4.69) is 18.7 Å². The van der Waals surface area contributed by atoms with Gasteiger partial charge in [0.25, 0.3) is 0 Å². The normalized spacial score (nSPS) is 18.8. The van der Waals surface area contributed by atoms with E-state index < -0.39 is 30.1 Å². The number of aliphatic carboxylic acids is 3. The van der Waals surface area contributed by atoms with Crippen LogP contribution in [0.25, 0.3) is 0 Å². The van der Waals surface area contributed by atoms with Crippen molar-refractivity contribution in [2.24, 2.45) is 0 Å². The lowest BCUT2D eigenvalue weighted by molar-refractivity contribution is -0.142. The molecule has 276 valence electrons. The van der Waals surface area contributed by atoms with Gasteiger partial charge >= 0.3 is 17.9 Å². The first-order valence-electron chi connectivity index (χ1n) is 18.1. The predicted octanol–water partition coefficient (Wildman–Crippen LogP) is 3.29. The largest absolute Gasteiger partial charge is 0.480 e. The van der Waals surface area contributed by atoms with E-state index in [9.17, 15) is 34.8 Å². The van der Waals surface area contributed by atoms with Gasteiger partial charge in [-0.1, -0.05) is 78.1 Å². The number of aliphatic hydroxyl groups excluding tert-OH is 1. The van der Waals surface area contributed by atoms with Crippen molar-refractivity contribution >= 4 is 17.9 Å². The molecular weight excluding hydrogens is 608 g/mol. The third-order valence-electron chi connectivity index (χ3n) is 8.70. The number of hydrogen-bond acceptors (Lipinski definition) is 10. The molecule has 1 saturated heterocycles. The van der Waals surface area contributed by atoms with Crippen LogP contribution in [0.5, 0.6) is 0 Å². The molecule has 0 spiro atoms. The van der Waals surface area contributed by atoms with Crippen LogP contribution in [0.15, 0.2) is 0 Å². The van der Waals surface area contributed by atoms with Crippen molar-refractivity contribution in [3.8, 4) is 0 Å². The van der Waals surface area contributed by atoms with Crippen LogP contribution >= 0.6 is 0 Å². The lowest BCUT2D eigenvalue weighted by Gasteiger charge is -2.39. The summed E-state index contributed by atoms with van der Waals surface area (Å²) < 4.78 is 11.8. The van der Waals surface area contributed by atoms with Crippen LogP contribution in [0.4, 0.5) is 0 Å². The first-order valence-corrected chi connectivity index (χ1v) is 18.1. The van der Waals surface area contributed by atoms with Gasteiger partial charge in [-0.05, 0) is 19.3 Å². The van der Waals surface area contributed by atoms with Crippen molar-refractivity contribution in [1.29, 1.82) is 0 Å².